The molecule has 3 aromatic rings. The minimum Gasteiger partial charge on any atom is -0.457 e. The third-order valence-electron chi connectivity index (χ3n) is 3.28. The number of hydrogen-bond acceptors (Lipinski definition) is 5. The SMILES string of the molecule is O=C(N/N=C/c1ccc(OC(=O)c2ccco2)cc1)c1cccc(Br)c1. The van der Waals surface area contributed by atoms with Crippen LogP contribution in [-0.2, 0) is 0 Å². The molecule has 0 unspecified atom stereocenters. The van der Waals surface area contributed by atoms with Crippen LogP contribution >= 0.6 is 15.9 Å². The number of halogens is 1. The normalized spacial score (nSPS) is 10.7. The van der Waals surface area contributed by atoms with Crippen LogP contribution in [0.5, 0.6) is 5.75 Å². The van der Waals surface area contributed by atoms with E-state index in [2.05, 4.69) is 26.5 Å². The molecule has 26 heavy (non-hydrogen) atoms. The fraction of sp³-hybridized carbons (Fsp3) is 0. The number of ether oxygens (including phenoxy) is 1. The van der Waals surface area contributed by atoms with Crippen molar-refractivity contribution in [2.45, 2.75) is 0 Å². The lowest BCUT2D eigenvalue weighted by atomic mass is 10.2. The molecule has 2 aromatic carbocycles. The van der Waals surface area contributed by atoms with E-state index in [0.717, 1.165) is 10.0 Å². The van der Waals surface area contributed by atoms with Gasteiger partial charge in [-0.05, 0) is 60.2 Å². The van der Waals surface area contributed by atoms with Crippen LogP contribution in [0.1, 0.15) is 26.5 Å². The Bertz CT molecular complexity index is 934. The molecule has 0 saturated carbocycles. The van der Waals surface area contributed by atoms with Gasteiger partial charge in [-0.25, -0.2) is 10.2 Å². The predicted octanol–water partition coefficient (Wildman–Crippen LogP) is 4.03. The van der Waals surface area contributed by atoms with E-state index < -0.39 is 5.97 Å². The molecule has 1 aromatic heterocycles. The average molecular weight is 413 g/mol. The topological polar surface area (TPSA) is 80.9 Å². The summed E-state index contributed by atoms with van der Waals surface area (Å²) in [5.74, 6) is -0.378. The number of nitrogens with zero attached hydrogens (tertiary/aromatic N) is 1. The second-order valence-corrected chi connectivity index (χ2v) is 6.06. The highest BCUT2D eigenvalue weighted by molar-refractivity contribution is 9.10. The van der Waals surface area contributed by atoms with Crippen LogP contribution in [0.4, 0.5) is 0 Å². The molecular weight excluding hydrogens is 400 g/mol. The number of hydrazone groups is 1. The van der Waals surface area contributed by atoms with Crippen LogP contribution in [0, 0.1) is 0 Å². The minimum absolute atomic E-state index is 0.130. The van der Waals surface area contributed by atoms with Gasteiger partial charge in [-0.2, -0.15) is 5.10 Å². The molecule has 0 aliphatic rings. The fourth-order valence-electron chi connectivity index (χ4n) is 2.03. The van der Waals surface area contributed by atoms with Crippen LogP contribution in [0.2, 0.25) is 0 Å². The number of furan rings is 1. The van der Waals surface area contributed by atoms with Crippen LogP contribution in [-0.4, -0.2) is 18.1 Å². The molecule has 1 heterocycles. The van der Waals surface area contributed by atoms with Crippen LogP contribution in [0.25, 0.3) is 0 Å². The molecule has 0 fully saturated rings. The molecule has 6 nitrogen and oxygen atoms in total. The van der Waals surface area contributed by atoms with Gasteiger partial charge in [-0.3, -0.25) is 4.79 Å². The predicted molar refractivity (Wildman–Crippen MR) is 99.3 cm³/mol. The molecule has 0 atom stereocenters. The Hall–Kier alpha value is -3.19. The molecule has 130 valence electrons. The zero-order chi connectivity index (χ0) is 18.4. The molecule has 0 aliphatic heterocycles. The molecule has 0 bridgehead atoms. The quantitative estimate of drug-likeness (QED) is 0.297. The standard InChI is InChI=1S/C19H13BrN2O4/c20-15-4-1-3-14(11-15)18(23)22-21-12-13-6-8-16(9-7-13)26-19(24)17-5-2-10-25-17/h1-12H,(H,22,23)/b21-12+. The lowest BCUT2D eigenvalue weighted by molar-refractivity contribution is 0.0701. The van der Waals surface area contributed by atoms with Crippen molar-refractivity contribution in [3.63, 3.8) is 0 Å². The van der Waals surface area contributed by atoms with E-state index >= 15 is 0 Å². The summed E-state index contributed by atoms with van der Waals surface area (Å²) < 4.78 is 11.0. The molecule has 1 amide bonds. The summed E-state index contributed by atoms with van der Waals surface area (Å²) in [5.41, 5.74) is 3.68. The second-order valence-electron chi connectivity index (χ2n) is 5.15. The molecule has 0 spiro atoms. The highest BCUT2D eigenvalue weighted by Crippen LogP contribution is 2.14. The summed E-state index contributed by atoms with van der Waals surface area (Å²) in [6.45, 7) is 0. The Morgan fingerprint density at radius 3 is 2.58 bits per heavy atom. The van der Waals surface area contributed by atoms with Gasteiger partial charge in [0.2, 0.25) is 5.76 Å². The van der Waals surface area contributed by atoms with Gasteiger partial charge >= 0.3 is 5.97 Å². The summed E-state index contributed by atoms with van der Waals surface area (Å²) in [6.07, 6.45) is 2.90. The monoisotopic (exact) mass is 412 g/mol. The third kappa shape index (κ3) is 4.67. The lowest BCUT2D eigenvalue weighted by Crippen LogP contribution is -2.17. The fourth-order valence-corrected chi connectivity index (χ4v) is 2.43. The zero-order valence-electron chi connectivity index (χ0n) is 13.4. The Morgan fingerprint density at radius 1 is 1.08 bits per heavy atom. The average Bonchev–Trinajstić information content (AvgIpc) is 3.18. The van der Waals surface area contributed by atoms with E-state index in [1.165, 1.54) is 18.5 Å². The highest BCUT2D eigenvalue weighted by Gasteiger charge is 2.10. The maximum atomic E-state index is 12.0. The number of amides is 1. The summed E-state index contributed by atoms with van der Waals surface area (Å²) >= 11 is 3.31. The first-order chi connectivity index (χ1) is 12.6. The van der Waals surface area contributed by atoms with Crippen molar-refractivity contribution < 1.29 is 18.7 Å². The van der Waals surface area contributed by atoms with Crippen LogP contribution < -0.4 is 10.2 Å². The number of carbonyl (C=O) groups is 2. The molecule has 3 rings (SSSR count). The van der Waals surface area contributed by atoms with Crippen LogP contribution in [0.15, 0.2) is 80.9 Å². The van der Waals surface area contributed by atoms with Crippen molar-refractivity contribution in [1.82, 2.24) is 5.43 Å². The number of hydrogen-bond donors (Lipinski definition) is 1. The zero-order valence-corrected chi connectivity index (χ0v) is 15.0. The van der Waals surface area contributed by atoms with E-state index in [1.807, 2.05) is 6.07 Å². The largest absolute Gasteiger partial charge is 0.457 e. The smallest absolute Gasteiger partial charge is 0.379 e. The minimum atomic E-state index is -0.572. The first-order valence-electron chi connectivity index (χ1n) is 7.56. The number of benzene rings is 2. The summed E-state index contributed by atoms with van der Waals surface area (Å²) in [5, 5.41) is 3.92. The Balaban J connectivity index is 1.56. The van der Waals surface area contributed by atoms with Gasteiger partial charge in [0.1, 0.15) is 5.75 Å². The van der Waals surface area contributed by atoms with E-state index in [9.17, 15) is 9.59 Å². The maximum absolute atomic E-state index is 12.0. The highest BCUT2D eigenvalue weighted by atomic mass is 79.9. The van der Waals surface area contributed by atoms with E-state index in [4.69, 9.17) is 9.15 Å². The first kappa shape index (κ1) is 17.6. The molecule has 7 heteroatoms. The maximum Gasteiger partial charge on any atom is 0.379 e. The van der Waals surface area contributed by atoms with Gasteiger partial charge < -0.3 is 9.15 Å². The van der Waals surface area contributed by atoms with Crippen molar-refractivity contribution in [1.29, 1.82) is 0 Å². The summed E-state index contributed by atoms with van der Waals surface area (Å²) in [4.78, 5) is 23.7. The van der Waals surface area contributed by atoms with Crippen molar-refractivity contribution in [2.75, 3.05) is 0 Å². The lowest BCUT2D eigenvalue weighted by Gasteiger charge is -2.02. The van der Waals surface area contributed by atoms with Crippen molar-refractivity contribution in [3.05, 3.63) is 88.3 Å². The van der Waals surface area contributed by atoms with Crippen molar-refractivity contribution >= 4 is 34.0 Å². The summed E-state index contributed by atoms with van der Waals surface area (Å²) in [6, 6.07) is 16.8. The van der Waals surface area contributed by atoms with Gasteiger partial charge in [-0.1, -0.05) is 22.0 Å². The number of nitrogens with one attached hydrogen (secondary N) is 1. The van der Waals surface area contributed by atoms with Gasteiger partial charge in [0.25, 0.3) is 5.91 Å². The molecule has 1 N–H and O–H groups in total. The molecule has 0 saturated heterocycles. The van der Waals surface area contributed by atoms with Gasteiger partial charge in [0.15, 0.2) is 0 Å². The first-order valence-corrected chi connectivity index (χ1v) is 8.36. The van der Waals surface area contributed by atoms with Crippen LogP contribution in [0.3, 0.4) is 0 Å². The van der Waals surface area contributed by atoms with E-state index in [-0.39, 0.29) is 11.7 Å². The Kier molecular flexibility index (Phi) is 5.60. The summed E-state index contributed by atoms with van der Waals surface area (Å²) in [7, 11) is 0. The molecular formula is C19H13BrN2O4. The van der Waals surface area contributed by atoms with E-state index in [1.54, 1.807) is 48.5 Å². The van der Waals surface area contributed by atoms with Crippen molar-refractivity contribution in [2.24, 2.45) is 5.10 Å². The molecule has 0 radical (unpaired) electrons. The van der Waals surface area contributed by atoms with Gasteiger partial charge in [-0.15, -0.1) is 0 Å². The second kappa shape index (κ2) is 8.26. The number of esters is 1. The van der Waals surface area contributed by atoms with Crippen molar-refractivity contribution in [3.8, 4) is 5.75 Å². The van der Waals surface area contributed by atoms with Gasteiger partial charge in [0, 0.05) is 10.0 Å². The Morgan fingerprint density at radius 2 is 1.88 bits per heavy atom. The number of rotatable bonds is 5. The van der Waals surface area contributed by atoms with E-state index in [0.29, 0.717) is 11.3 Å². The number of carbonyl (C=O) groups excluding carboxylic acids is 2. The Labute approximate surface area is 157 Å². The van der Waals surface area contributed by atoms with Gasteiger partial charge in [0.05, 0.1) is 12.5 Å². The third-order valence-corrected chi connectivity index (χ3v) is 3.77. The molecule has 0 aliphatic carbocycles.